The standard InChI is InChI=1S/C23H27N3O3S2/c1-14-7-9-20(16(3)11-14)25-23(27)17(4)30-22-12-15(2)19-13-18(8-10-21(19)24-22)31(28,29)26(5)6/h7-13,17H,1-6H3,(H,25,27)/t17-/m1/s1. The minimum absolute atomic E-state index is 0.0936. The molecule has 8 heteroatoms. The molecular weight excluding hydrogens is 430 g/mol. The molecule has 0 bridgehead atoms. The van der Waals surface area contributed by atoms with Crippen LogP contribution in [-0.2, 0) is 14.8 Å². The summed E-state index contributed by atoms with van der Waals surface area (Å²) in [6, 6.07) is 12.7. The zero-order chi connectivity index (χ0) is 22.9. The Labute approximate surface area is 188 Å². The van der Waals surface area contributed by atoms with E-state index in [1.807, 2.05) is 52.0 Å². The van der Waals surface area contributed by atoms with Crippen LogP contribution in [-0.4, -0.2) is 43.0 Å². The first-order valence-electron chi connectivity index (χ1n) is 9.88. The molecule has 1 amide bonds. The topological polar surface area (TPSA) is 79.4 Å². The van der Waals surface area contributed by atoms with Crippen molar-refractivity contribution in [1.29, 1.82) is 0 Å². The lowest BCUT2D eigenvalue weighted by molar-refractivity contribution is -0.115. The summed E-state index contributed by atoms with van der Waals surface area (Å²) in [5.74, 6) is -0.0936. The number of aromatic nitrogens is 1. The highest BCUT2D eigenvalue weighted by molar-refractivity contribution is 8.00. The molecule has 1 atom stereocenters. The van der Waals surface area contributed by atoms with Crippen LogP contribution in [0.2, 0.25) is 0 Å². The maximum absolute atomic E-state index is 12.7. The van der Waals surface area contributed by atoms with E-state index in [1.54, 1.807) is 18.2 Å². The smallest absolute Gasteiger partial charge is 0.242 e. The molecule has 31 heavy (non-hydrogen) atoms. The van der Waals surface area contributed by atoms with Crippen molar-refractivity contribution in [2.75, 3.05) is 19.4 Å². The molecule has 2 aromatic carbocycles. The van der Waals surface area contributed by atoms with Gasteiger partial charge in [-0.2, -0.15) is 0 Å². The van der Waals surface area contributed by atoms with Gasteiger partial charge in [0.05, 0.1) is 20.7 Å². The lowest BCUT2D eigenvalue weighted by Crippen LogP contribution is -2.23. The van der Waals surface area contributed by atoms with Crippen LogP contribution in [0.1, 0.15) is 23.6 Å². The van der Waals surface area contributed by atoms with Gasteiger partial charge in [0.25, 0.3) is 0 Å². The van der Waals surface area contributed by atoms with Crippen molar-refractivity contribution in [3.05, 3.63) is 59.2 Å². The fourth-order valence-corrected chi connectivity index (χ4v) is 5.05. The third-order valence-electron chi connectivity index (χ3n) is 5.05. The Morgan fingerprint density at radius 1 is 1.03 bits per heavy atom. The molecule has 0 radical (unpaired) electrons. The molecule has 1 N–H and O–H groups in total. The number of rotatable bonds is 6. The number of fused-ring (bicyclic) bond motifs is 1. The van der Waals surface area contributed by atoms with Gasteiger partial charge in [-0.1, -0.05) is 29.5 Å². The zero-order valence-corrected chi connectivity index (χ0v) is 20.2. The first-order chi connectivity index (χ1) is 14.5. The second-order valence-electron chi connectivity index (χ2n) is 7.81. The van der Waals surface area contributed by atoms with E-state index in [-0.39, 0.29) is 16.1 Å². The molecule has 3 rings (SSSR count). The first-order valence-corrected chi connectivity index (χ1v) is 12.2. The largest absolute Gasteiger partial charge is 0.325 e. The normalized spacial score (nSPS) is 12.9. The number of carbonyl (C=O) groups is 1. The van der Waals surface area contributed by atoms with Crippen molar-refractivity contribution in [3.63, 3.8) is 0 Å². The van der Waals surface area contributed by atoms with Crippen LogP contribution in [0.3, 0.4) is 0 Å². The van der Waals surface area contributed by atoms with Crippen LogP contribution in [0.5, 0.6) is 0 Å². The monoisotopic (exact) mass is 457 g/mol. The van der Waals surface area contributed by atoms with Crippen LogP contribution in [0.15, 0.2) is 52.4 Å². The summed E-state index contributed by atoms with van der Waals surface area (Å²) < 4.78 is 26.0. The highest BCUT2D eigenvalue weighted by Crippen LogP contribution is 2.29. The molecule has 164 valence electrons. The maximum Gasteiger partial charge on any atom is 0.242 e. The number of aryl methyl sites for hydroxylation is 3. The second-order valence-corrected chi connectivity index (χ2v) is 11.3. The summed E-state index contributed by atoms with van der Waals surface area (Å²) in [6.07, 6.45) is 0. The number of nitrogens with zero attached hydrogens (tertiary/aromatic N) is 2. The van der Waals surface area contributed by atoms with Gasteiger partial charge in [0.15, 0.2) is 0 Å². The number of carbonyl (C=O) groups excluding carboxylic acids is 1. The highest BCUT2D eigenvalue weighted by atomic mass is 32.2. The molecule has 0 aliphatic heterocycles. The van der Waals surface area contributed by atoms with Crippen molar-refractivity contribution in [2.45, 2.75) is 42.9 Å². The van der Waals surface area contributed by atoms with Gasteiger partial charge in [-0.3, -0.25) is 4.79 Å². The predicted molar refractivity (Wildman–Crippen MR) is 127 cm³/mol. The molecular formula is C23H27N3O3S2. The average molecular weight is 458 g/mol. The number of pyridine rings is 1. The van der Waals surface area contributed by atoms with Crippen molar-refractivity contribution in [1.82, 2.24) is 9.29 Å². The van der Waals surface area contributed by atoms with E-state index in [9.17, 15) is 13.2 Å². The number of sulfonamides is 1. The fourth-order valence-electron chi connectivity index (χ4n) is 3.20. The third kappa shape index (κ3) is 5.08. The molecule has 6 nitrogen and oxygen atoms in total. The molecule has 3 aromatic rings. The number of hydrogen-bond acceptors (Lipinski definition) is 5. The van der Waals surface area contributed by atoms with Gasteiger partial charge in [-0.25, -0.2) is 17.7 Å². The van der Waals surface area contributed by atoms with Crippen molar-refractivity contribution in [2.24, 2.45) is 0 Å². The minimum atomic E-state index is -3.51. The van der Waals surface area contributed by atoms with Gasteiger partial charge in [0, 0.05) is 25.2 Å². The maximum atomic E-state index is 12.7. The summed E-state index contributed by atoms with van der Waals surface area (Å²) >= 11 is 1.37. The van der Waals surface area contributed by atoms with Crippen molar-refractivity contribution in [3.8, 4) is 0 Å². The Balaban J connectivity index is 1.82. The molecule has 1 heterocycles. The zero-order valence-electron chi connectivity index (χ0n) is 18.6. The van der Waals surface area contributed by atoms with E-state index in [4.69, 9.17) is 0 Å². The SMILES string of the molecule is Cc1ccc(NC(=O)[C@@H](C)Sc2cc(C)c3cc(S(=O)(=O)N(C)C)ccc3n2)c(C)c1. The summed E-state index contributed by atoms with van der Waals surface area (Å²) in [6.45, 7) is 7.75. The van der Waals surface area contributed by atoms with Gasteiger partial charge >= 0.3 is 0 Å². The Kier molecular flexibility index (Phi) is 6.73. The van der Waals surface area contributed by atoms with Gasteiger partial charge in [-0.15, -0.1) is 0 Å². The van der Waals surface area contributed by atoms with E-state index < -0.39 is 10.0 Å². The lowest BCUT2D eigenvalue weighted by atomic mass is 10.1. The number of anilines is 1. The molecule has 0 spiro atoms. The van der Waals surface area contributed by atoms with Crippen LogP contribution in [0, 0.1) is 20.8 Å². The van der Waals surface area contributed by atoms with Crippen LogP contribution in [0.25, 0.3) is 10.9 Å². The quantitative estimate of drug-likeness (QED) is 0.550. The van der Waals surface area contributed by atoms with Gasteiger partial charge < -0.3 is 5.32 Å². The lowest BCUT2D eigenvalue weighted by Gasteiger charge is -2.15. The summed E-state index contributed by atoms with van der Waals surface area (Å²) in [5.41, 5.74) is 4.58. The predicted octanol–water partition coefficient (Wildman–Crippen LogP) is 4.53. The molecule has 0 saturated heterocycles. The Morgan fingerprint density at radius 3 is 2.39 bits per heavy atom. The van der Waals surface area contributed by atoms with E-state index in [0.29, 0.717) is 5.52 Å². The number of nitrogens with one attached hydrogen (secondary N) is 1. The second kappa shape index (κ2) is 8.98. The molecule has 0 aliphatic rings. The van der Waals surface area contributed by atoms with E-state index in [1.165, 1.54) is 30.2 Å². The Bertz CT molecular complexity index is 1250. The van der Waals surface area contributed by atoms with Gasteiger partial charge in [0.1, 0.15) is 0 Å². The number of benzene rings is 2. The van der Waals surface area contributed by atoms with E-state index in [2.05, 4.69) is 10.3 Å². The Morgan fingerprint density at radius 2 is 1.74 bits per heavy atom. The molecule has 1 aromatic heterocycles. The first kappa shape index (κ1) is 23.2. The van der Waals surface area contributed by atoms with Crippen molar-refractivity contribution < 1.29 is 13.2 Å². The Hall–Kier alpha value is -2.42. The summed E-state index contributed by atoms with van der Waals surface area (Å²) in [4.78, 5) is 17.6. The molecule has 0 fully saturated rings. The minimum Gasteiger partial charge on any atom is -0.325 e. The highest BCUT2D eigenvalue weighted by Gasteiger charge is 2.20. The molecule has 0 saturated carbocycles. The molecule has 0 unspecified atom stereocenters. The van der Waals surface area contributed by atoms with E-state index >= 15 is 0 Å². The summed E-state index contributed by atoms with van der Waals surface area (Å²) in [5, 5.41) is 4.13. The van der Waals surface area contributed by atoms with E-state index in [0.717, 1.165) is 32.8 Å². The fraction of sp³-hybridized carbons (Fsp3) is 0.304. The third-order valence-corrected chi connectivity index (χ3v) is 7.88. The number of thioether (sulfide) groups is 1. The van der Waals surface area contributed by atoms with Crippen LogP contribution < -0.4 is 5.32 Å². The average Bonchev–Trinajstić information content (AvgIpc) is 2.69. The number of hydrogen-bond donors (Lipinski definition) is 1. The van der Waals surface area contributed by atoms with Gasteiger partial charge in [0.2, 0.25) is 15.9 Å². The van der Waals surface area contributed by atoms with Gasteiger partial charge in [-0.05, 0) is 69.2 Å². The summed E-state index contributed by atoms with van der Waals surface area (Å²) in [7, 11) is -0.496. The molecule has 0 aliphatic carbocycles. The van der Waals surface area contributed by atoms with Crippen molar-refractivity contribution >= 4 is 44.3 Å². The number of amides is 1. The van der Waals surface area contributed by atoms with Crippen LogP contribution in [0.4, 0.5) is 5.69 Å². The van der Waals surface area contributed by atoms with Crippen LogP contribution >= 0.6 is 11.8 Å².